The van der Waals surface area contributed by atoms with Crippen molar-refractivity contribution in [3.8, 4) is 22.8 Å². The highest BCUT2D eigenvalue weighted by molar-refractivity contribution is 9.10. The molecule has 0 aliphatic heterocycles. The largest absolute Gasteiger partial charge is 0.493 e. The Morgan fingerprint density at radius 3 is 2.40 bits per heavy atom. The van der Waals surface area contributed by atoms with Crippen molar-refractivity contribution >= 4 is 32.8 Å². The molecule has 0 atom stereocenters. The van der Waals surface area contributed by atoms with Gasteiger partial charge in [-0.25, -0.2) is 9.78 Å². The van der Waals surface area contributed by atoms with Crippen LogP contribution in [0.15, 0.2) is 46.9 Å². The van der Waals surface area contributed by atoms with E-state index in [9.17, 15) is 4.79 Å². The first-order valence-electron chi connectivity index (χ1n) is 7.48. The monoisotopic (exact) mass is 401 g/mol. The molecule has 3 rings (SSSR count). The number of hydrogen-bond acceptors (Lipinski definition) is 5. The molecular weight excluding hydrogens is 386 g/mol. The van der Waals surface area contributed by atoms with Crippen molar-refractivity contribution in [2.75, 3.05) is 21.3 Å². The maximum absolute atomic E-state index is 12.2. The number of pyridine rings is 1. The van der Waals surface area contributed by atoms with E-state index in [1.807, 2.05) is 30.3 Å². The Morgan fingerprint density at radius 2 is 1.72 bits per heavy atom. The van der Waals surface area contributed by atoms with Crippen LogP contribution in [0.2, 0.25) is 0 Å². The first-order valence-corrected chi connectivity index (χ1v) is 8.27. The fraction of sp³-hybridized carbons (Fsp3) is 0.158. The van der Waals surface area contributed by atoms with Crippen LogP contribution in [0.3, 0.4) is 0 Å². The van der Waals surface area contributed by atoms with Crippen LogP contribution in [0, 0.1) is 0 Å². The van der Waals surface area contributed by atoms with Crippen LogP contribution in [0.1, 0.15) is 10.4 Å². The summed E-state index contributed by atoms with van der Waals surface area (Å²) >= 11 is 3.43. The fourth-order valence-electron chi connectivity index (χ4n) is 2.62. The molecule has 6 heteroatoms. The molecule has 0 spiro atoms. The minimum atomic E-state index is -0.410. The van der Waals surface area contributed by atoms with E-state index in [1.54, 1.807) is 26.4 Å². The standard InChI is InChI=1S/C19H16BrNO4/c1-23-17-7-4-11(8-18(17)24-2)16-10-14(19(22)25-3)13-9-12(20)5-6-15(13)21-16/h4-10H,1-3H3. The third-order valence-electron chi connectivity index (χ3n) is 3.86. The van der Waals surface area contributed by atoms with E-state index in [0.29, 0.717) is 28.3 Å². The molecule has 0 unspecified atom stereocenters. The number of esters is 1. The number of hydrogen-bond donors (Lipinski definition) is 0. The third kappa shape index (κ3) is 3.30. The third-order valence-corrected chi connectivity index (χ3v) is 4.35. The van der Waals surface area contributed by atoms with Gasteiger partial charge in [-0.3, -0.25) is 0 Å². The first kappa shape index (κ1) is 17.2. The lowest BCUT2D eigenvalue weighted by atomic mass is 10.0. The van der Waals surface area contributed by atoms with Gasteiger partial charge in [0.05, 0.1) is 38.1 Å². The Hall–Kier alpha value is -2.60. The molecule has 0 saturated heterocycles. The van der Waals surface area contributed by atoms with E-state index in [4.69, 9.17) is 14.2 Å². The molecule has 0 radical (unpaired) electrons. The van der Waals surface area contributed by atoms with Crippen LogP contribution in [-0.2, 0) is 4.74 Å². The summed E-state index contributed by atoms with van der Waals surface area (Å²) in [6.45, 7) is 0. The molecule has 128 valence electrons. The van der Waals surface area contributed by atoms with Crippen LogP contribution in [0.5, 0.6) is 11.5 Å². The molecule has 0 aliphatic carbocycles. The number of carbonyl (C=O) groups excluding carboxylic acids is 1. The second-order valence-electron chi connectivity index (χ2n) is 5.28. The Bertz CT molecular complexity index is 956. The summed E-state index contributed by atoms with van der Waals surface area (Å²) < 4.78 is 16.4. The molecule has 2 aromatic carbocycles. The summed E-state index contributed by atoms with van der Waals surface area (Å²) in [5, 5.41) is 0.727. The Balaban J connectivity index is 2.23. The lowest BCUT2D eigenvalue weighted by Gasteiger charge is -2.12. The highest BCUT2D eigenvalue weighted by Crippen LogP contribution is 2.33. The van der Waals surface area contributed by atoms with Gasteiger partial charge in [0.1, 0.15) is 0 Å². The molecule has 1 heterocycles. The number of rotatable bonds is 4. The van der Waals surface area contributed by atoms with Gasteiger partial charge in [-0.15, -0.1) is 0 Å². The van der Waals surface area contributed by atoms with E-state index in [-0.39, 0.29) is 0 Å². The zero-order valence-corrected chi connectivity index (χ0v) is 15.6. The lowest BCUT2D eigenvalue weighted by Crippen LogP contribution is -2.04. The quantitative estimate of drug-likeness (QED) is 0.603. The number of halogens is 1. The number of fused-ring (bicyclic) bond motifs is 1. The van der Waals surface area contributed by atoms with Crippen molar-refractivity contribution in [3.05, 3.63) is 52.5 Å². The van der Waals surface area contributed by atoms with Crippen molar-refractivity contribution < 1.29 is 19.0 Å². The summed E-state index contributed by atoms with van der Waals surface area (Å²) in [5.41, 5.74) is 2.62. The zero-order chi connectivity index (χ0) is 18.0. The van der Waals surface area contributed by atoms with Gasteiger partial charge in [-0.2, -0.15) is 0 Å². The number of methoxy groups -OCH3 is 3. The Kier molecular flexibility index (Phi) is 4.90. The van der Waals surface area contributed by atoms with Gasteiger partial charge >= 0.3 is 5.97 Å². The molecule has 0 aliphatic rings. The lowest BCUT2D eigenvalue weighted by molar-refractivity contribution is 0.0603. The molecule has 0 amide bonds. The van der Waals surface area contributed by atoms with Gasteiger partial charge in [-0.05, 0) is 42.5 Å². The number of benzene rings is 2. The molecule has 0 bridgehead atoms. The SMILES string of the molecule is COC(=O)c1cc(-c2ccc(OC)c(OC)c2)nc2ccc(Br)cc12. The second-order valence-corrected chi connectivity index (χ2v) is 6.19. The number of carbonyl (C=O) groups is 1. The van der Waals surface area contributed by atoms with Gasteiger partial charge in [0.2, 0.25) is 0 Å². The Morgan fingerprint density at radius 1 is 0.960 bits per heavy atom. The summed E-state index contributed by atoms with van der Waals surface area (Å²) in [6.07, 6.45) is 0. The van der Waals surface area contributed by atoms with Crippen molar-refractivity contribution in [1.82, 2.24) is 4.98 Å². The maximum Gasteiger partial charge on any atom is 0.338 e. The van der Waals surface area contributed by atoms with Crippen LogP contribution < -0.4 is 9.47 Å². The average molecular weight is 402 g/mol. The van der Waals surface area contributed by atoms with Crippen LogP contribution in [0.4, 0.5) is 0 Å². The normalized spacial score (nSPS) is 10.6. The molecule has 0 N–H and O–H groups in total. The molecule has 3 aromatic rings. The van der Waals surface area contributed by atoms with E-state index in [1.165, 1.54) is 7.11 Å². The molecule has 0 fully saturated rings. The van der Waals surface area contributed by atoms with Crippen molar-refractivity contribution in [2.24, 2.45) is 0 Å². The highest BCUT2D eigenvalue weighted by atomic mass is 79.9. The topological polar surface area (TPSA) is 57.7 Å². The van der Waals surface area contributed by atoms with Gasteiger partial charge in [-0.1, -0.05) is 15.9 Å². The predicted molar refractivity (Wildman–Crippen MR) is 99.3 cm³/mol. The van der Waals surface area contributed by atoms with E-state index in [2.05, 4.69) is 20.9 Å². The average Bonchev–Trinajstić information content (AvgIpc) is 2.65. The van der Waals surface area contributed by atoms with Gasteiger partial charge < -0.3 is 14.2 Å². The van der Waals surface area contributed by atoms with Crippen LogP contribution in [-0.4, -0.2) is 32.3 Å². The van der Waals surface area contributed by atoms with E-state index >= 15 is 0 Å². The summed E-state index contributed by atoms with van der Waals surface area (Å²) in [6, 6.07) is 12.8. The minimum Gasteiger partial charge on any atom is -0.493 e. The van der Waals surface area contributed by atoms with Crippen LogP contribution in [0.25, 0.3) is 22.2 Å². The van der Waals surface area contributed by atoms with Crippen molar-refractivity contribution in [3.63, 3.8) is 0 Å². The van der Waals surface area contributed by atoms with Crippen molar-refractivity contribution in [2.45, 2.75) is 0 Å². The smallest absolute Gasteiger partial charge is 0.338 e. The fourth-order valence-corrected chi connectivity index (χ4v) is 2.98. The van der Waals surface area contributed by atoms with Crippen LogP contribution >= 0.6 is 15.9 Å². The number of nitrogens with zero attached hydrogens (tertiary/aromatic N) is 1. The van der Waals surface area contributed by atoms with Crippen molar-refractivity contribution in [1.29, 1.82) is 0 Å². The second kappa shape index (κ2) is 7.11. The maximum atomic E-state index is 12.2. The van der Waals surface area contributed by atoms with E-state index in [0.717, 1.165) is 15.4 Å². The minimum absolute atomic E-state index is 0.410. The summed E-state index contributed by atoms with van der Waals surface area (Å²) in [5.74, 6) is 0.814. The molecule has 1 aromatic heterocycles. The highest BCUT2D eigenvalue weighted by Gasteiger charge is 2.16. The Labute approximate surface area is 153 Å². The van der Waals surface area contributed by atoms with E-state index < -0.39 is 5.97 Å². The first-order chi connectivity index (χ1) is 12.1. The molecule has 25 heavy (non-hydrogen) atoms. The molecular formula is C19H16BrNO4. The zero-order valence-electron chi connectivity index (χ0n) is 14.0. The summed E-state index contributed by atoms with van der Waals surface area (Å²) in [7, 11) is 4.52. The predicted octanol–water partition coefficient (Wildman–Crippen LogP) is 4.47. The van der Waals surface area contributed by atoms with Gasteiger partial charge in [0.15, 0.2) is 11.5 Å². The molecule has 5 nitrogen and oxygen atoms in total. The summed E-state index contributed by atoms with van der Waals surface area (Å²) in [4.78, 5) is 16.9. The van der Waals surface area contributed by atoms with Gasteiger partial charge in [0.25, 0.3) is 0 Å². The van der Waals surface area contributed by atoms with Gasteiger partial charge in [0, 0.05) is 15.4 Å². The number of aromatic nitrogens is 1. The molecule has 0 saturated carbocycles. The number of ether oxygens (including phenoxy) is 3.